The monoisotopic (exact) mass is 251 g/mol. The molecule has 1 rings (SSSR count). The smallest absolute Gasteiger partial charge is 0.244 e. The summed E-state index contributed by atoms with van der Waals surface area (Å²) < 4.78 is 1.81. The first-order valence-electron chi connectivity index (χ1n) is 6.32. The van der Waals surface area contributed by atoms with Gasteiger partial charge < -0.3 is 10.4 Å². The Labute approximate surface area is 108 Å². The first-order chi connectivity index (χ1) is 8.71. The average molecular weight is 251 g/mol. The molecule has 0 saturated carbocycles. The number of hydrogen-bond acceptors (Lipinski definition) is 3. The quantitative estimate of drug-likeness (QED) is 0.715. The molecule has 1 amide bonds. The Morgan fingerprint density at radius 2 is 2.39 bits per heavy atom. The van der Waals surface area contributed by atoms with Crippen LogP contribution >= 0.6 is 0 Å². The number of amides is 1. The first kappa shape index (κ1) is 14.4. The van der Waals surface area contributed by atoms with Crippen LogP contribution < -0.4 is 5.32 Å². The third-order valence-electron chi connectivity index (χ3n) is 2.77. The van der Waals surface area contributed by atoms with E-state index >= 15 is 0 Å². The molecule has 0 aromatic carbocycles. The van der Waals surface area contributed by atoms with Crippen molar-refractivity contribution in [2.45, 2.75) is 39.3 Å². The van der Waals surface area contributed by atoms with Gasteiger partial charge in [0.25, 0.3) is 0 Å². The molecule has 0 spiro atoms. The zero-order valence-electron chi connectivity index (χ0n) is 11.0. The van der Waals surface area contributed by atoms with E-state index in [1.807, 2.05) is 24.6 Å². The molecule has 1 heterocycles. The van der Waals surface area contributed by atoms with E-state index in [2.05, 4.69) is 10.4 Å². The molecule has 5 nitrogen and oxygen atoms in total. The second kappa shape index (κ2) is 7.66. The molecular weight excluding hydrogens is 230 g/mol. The number of aliphatic hydroxyl groups is 1. The van der Waals surface area contributed by atoms with Gasteiger partial charge in [0, 0.05) is 31.5 Å². The maximum Gasteiger partial charge on any atom is 0.244 e. The number of nitrogens with one attached hydrogen (secondary N) is 1. The van der Waals surface area contributed by atoms with Gasteiger partial charge in [0.15, 0.2) is 0 Å². The Balaban J connectivity index is 2.53. The summed E-state index contributed by atoms with van der Waals surface area (Å²) in [6, 6.07) is 1.89. The molecule has 0 saturated heterocycles. The molecule has 2 N–H and O–H groups in total. The van der Waals surface area contributed by atoms with Crippen molar-refractivity contribution < 1.29 is 9.90 Å². The van der Waals surface area contributed by atoms with Gasteiger partial charge in [-0.05, 0) is 31.9 Å². The predicted octanol–water partition coefficient (Wildman–Crippen LogP) is 1.19. The fourth-order valence-electron chi connectivity index (χ4n) is 1.69. The van der Waals surface area contributed by atoms with E-state index < -0.39 is 0 Å². The van der Waals surface area contributed by atoms with Crippen LogP contribution in [0.15, 0.2) is 18.3 Å². The molecular formula is C13H21N3O2. The van der Waals surface area contributed by atoms with E-state index in [1.54, 1.807) is 12.3 Å². The molecule has 0 aliphatic heterocycles. The normalized spacial score (nSPS) is 12.8. The maximum absolute atomic E-state index is 11.7. The molecule has 0 radical (unpaired) electrons. The lowest BCUT2D eigenvalue weighted by molar-refractivity contribution is -0.117. The number of carbonyl (C=O) groups excluding carboxylic acids is 1. The highest BCUT2D eigenvalue weighted by molar-refractivity contribution is 5.91. The van der Waals surface area contributed by atoms with Crippen molar-refractivity contribution in [3.8, 4) is 0 Å². The average Bonchev–Trinajstić information content (AvgIpc) is 2.83. The topological polar surface area (TPSA) is 67.2 Å². The SMILES string of the molecule is CCC(CCO)NC(=O)/C=C/c1ccnn1CC. The molecule has 1 aromatic heterocycles. The molecule has 1 unspecified atom stereocenters. The minimum absolute atomic E-state index is 0.0308. The van der Waals surface area contributed by atoms with Crippen LogP contribution in [-0.2, 0) is 11.3 Å². The number of rotatable bonds is 7. The molecule has 18 heavy (non-hydrogen) atoms. The summed E-state index contributed by atoms with van der Waals surface area (Å²) >= 11 is 0. The van der Waals surface area contributed by atoms with Crippen LogP contribution in [-0.4, -0.2) is 33.4 Å². The van der Waals surface area contributed by atoms with Crippen molar-refractivity contribution in [1.29, 1.82) is 0 Å². The molecule has 1 aromatic rings. The van der Waals surface area contributed by atoms with Crippen LogP contribution in [0.4, 0.5) is 0 Å². The van der Waals surface area contributed by atoms with E-state index in [4.69, 9.17) is 5.11 Å². The van der Waals surface area contributed by atoms with Gasteiger partial charge in [-0.15, -0.1) is 0 Å². The van der Waals surface area contributed by atoms with Crippen LogP contribution in [0.2, 0.25) is 0 Å². The molecule has 0 aliphatic carbocycles. The minimum atomic E-state index is -0.140. The van der Waals surface area contributed by atoms with Gasteiger partial charge >= 0.3 is 0 Å². The number of hydrogen-bond donors (Lipinski definition) is 2. The van der Waals surface area contributed by atoms with Crippen LogP contribution in [0.3, 0.4) is 0 Å². The lowest BCUT2D eigenvalue weighted by Gasteiger charge is -2.13. The molecule has 0 aliphatic rings. The Morgan fingerprint density at radius 3 is 3.00 bits per heavy atom. The van der Waals surface area contributed by atoms with Gasteiger partial charge in [0.2, 0.25) is 5.91 Å². The van der Waals surface area contributed by atoms with Gasteiger partial charge in [-0.2, -0.15) is 5.10 Å². The van der Waals surface area contributed by atoms with Crippen molar-refractivity contribution in [2.24, 2.45) is 0 Å². The number of aromatic nitrogens is 2. The van der Waals surface area contributed by atoms with Crippen molar-refractivity contribution in [3.63, 3.8) is 0 Å². The van der Waals surface area contributed by atoms with Gasteiger partial charge in [-0.1, -0.05) is 6.92 Å². The fourth-order valence-corrected chi connectivity index (χ4v) is 1.69. The van der Waals surface area contributed by atoms with E-state index in [0.717, 1.165) is 18.7 Å². The van der Waals surface area contributed by atoms with Crippen molar-refractivity contribution in [3.05, 3.63) is 24.0 Å². The van der Waals surface area contributed by atoms with Crippen LogP contribution in [0.5, 0.6) is 0 Å². The lowest BCUT2D eigenvalue weighted by atomic mass is 10.1. The van der Waals surface area contributed by atoms with Crippen LogP contribution in [0, 0.1) is 0 Å². The first-order valence-corrected chi connectivity index (χ1v) is 6.32. The number of nitrogens with zero attached hydrogens (tertiary/aromatic N) is 2. The van der Waals surface area contributed by atoms with Gasteiger partial charge in [0.1, 0.15) is 0 Å². The fraction of sp³-hybridized carbons (Fsp3) is 0.538. The Hall–Kier alpha value is -1.62. The van der Waals surface area contributed by atoms with Crippen LogP contribution in [0.25, 0.3) is 6.08 Å². The van der Waals surface area contributed by atoms with Crippen molar-refractivity contribution >= 4 is 12.0 Å². The molecule has 100 valence electrons. The largest absolute Gasteiger partial charge is 0.396 e. The van der Waals surface area contributed by atoms with Crippen molar-refractivity contribution in [2.75, 3.05) is 6.61 Å². The maximum atomic E-state index is 11.7. The number of aryl methyl sites for hydroxylation is 1. The minimum Gasteiger partial charge on any atom is -0.396 e. The lowest BCUT2D eigenvalue weighted by Crippen LogP contribution is -2.33. The number of carbonyl (C=O) groups is 1. The Bertz CT molecular complexity index is 399. The highest BCUT2D eigenvalue weighted by Gasteiger charge is 2.07. The molecule has 1 atom stereocenters. The second-order valence-corrected chi connectivity index (χ2v) is 4.03. The summed E-state index contributed by atoms with van der Waals surface area (Å²) in [4.78, 5) is 11.7. The van der Waals surface area contributed by atoms with Crippen molar-refractivity contribution in [1.82, 2.24) is 15.1 Å². The Morgan fingerprint density at radius 1 is 1.61 bits per heavy atom. The van der Waals surface area contributed by atoms with Gasteiger partial charge in [-0.3, -0.25) is 9.48 Å². The standard InChI is InChI=1S/C13H21N3O2/c1-3-11(8-10-17)15-13(18)6-5-12-7-9-14-16(12)4-2/h5-7,9,11,17H,3-4,8,10H2,1-2H3,(H,15,18)/b6-5+. The van der Waals surface area contributed by atoms with Crippen LogP contribution in [0.1, 0.15) is 32.4 Å². The van der Waals surface area contributed by atoms with E-state index in [-0.39, 0.29) is 18.6 Å². The third-order valence-corrected chi connectivity index (χ3v) is 2.77. The zero-order valence-corrected chi connectivity index (χ0v) is 11.0. The van der Waals surface area contributed by atoms with Gasteiger partial charge in [0.05, 0.1) is 5.69 Å². The summed E-state index contributed by atoms with van der Waals surface area (Å²) in [5, 5.41) is 15.8. The summed E-state index contributed by atoms with van der Waals surface area (Å²) in [7, 11) is 0. The summed E-state index contributed by atoms with van der Waals surface area (Å²) in [6.07, 6.45) is 6.36. The van der Waals surface area contributed by atoms with E-state index in [9.17, 15) is 4.79 Å². The highest BCUT2D eigenvalue weighted by atomic mass is 16.3. The number of aliphatic hydroxyl groups excluding tert-OH is 1. The van der Waals surface area contributed by atoms with E-state index in [0.29, 0.717) is 6.42 Å². The van der Waals surface area contributed by atoms with E-state index in [1.165, 1.54) is 6.08 Å². The zero-order chi connectivity index (χ0) is 13.4. The van der Waals surface area contributed by atoms with Gasteiger partial charge in [-0.25, -0.2) is 0 Å². The third kappa shape index (κ3) is 4.33. The molecule has 0 fully saturated rings. The summed E-state index contributed by atoms with van der Waals surface area (Å²) in [5.41, 5.74) is 0.905. The summed E-state index contributed by atoms with van der Waals surface area (Å²) in [5.74, 6) is -0.140. The predicted molar refractivity (Wildman–Crippen MR) is 70.9 cm³/mol. The highest BCUT2D eigenvalue weighted by Crippen LogP contribution is 2.02. The summed E-state index contributed by atoms with van der Waals surface area (Å²) in [6.45, 7) is 4.84. The molecule has 5 heteroatoms. The molecule has 0 bridgehead atoms. The second-order valence-electron chi connectivity index (χ2n) is 4.03. The Kier molecular flexibility index (Phi) is 6.14.